The second kappa shape index (κ2) is 6.05. The van der Waals surface area contributed by atoms with Crippen LogP contribution in [-0.4, -0.2) is 35.0 Å². The minimum atomic E-state index is -1.10. The minimum absolute atomic E-state index is 0.126. The monoisotopic (exact) mass is 307 g/mol. The minimum Gasteiger partial charge on any atom is -0.480 e. The van der Waals surface area contributed by atoms with E-state index in [1.165, 1.54) is 28.4 Å². The Morgan fingerprint density at radius 2 is 2.19 bits per heavy atom. The summed E-state index contributed by atoms with van der Waals surface area (Å²) in [7, 11) is 0. The number of hydrogen-bond acceptors (Lipinski definition) is 3. The van der Waals surface area contributed by atoms with Crippen molar-refractivity contribution in [2.24, 2.45) is 0 Å². The Kier molecular flexibility index (Phi) is 4.37. The van der Waals surface area contributed by atoms with E-state index >= 15 is 0 Å². The molecule has 0 spiro atoms. The number of halogens is 1. The first-order chi connectivity index (χ1) is 9.95. The molecule has 0 aliphatic heterocycles. The van der Waals surface area contributed by atoms with E-state index in [0.29, 0.717) is 20.5 Å². The second-order valence-corrected chi connectivity index (χ2v) is 5.59. The van der Waals surface area contributed by atoms with Gasteiger partial charge in [-0.3, -0.25) is 9.59 Å². The van der Waals surface area contributed by atoms with Crippen LogP contribution in [0.1, 0.15) is 15.2 Å². The predicted molar refractivity (Wildman–Crippen MR) is 80.3 cm³/mol. The number of nitrogens with zero attached hydrogens (tertiary/aromatic N) is 1. The van der Waals surface area contributed by atoms with Gasteiger partial charge in [-0.15, -0.1) is 17.9 Å². The Bertz CT molecular complexity index is 723. The summed E-state index contributed by atoms with van der Waals surface area (Å²) >= 11 is 1.17. The van der Waals surface area contributed by atoms with E-state index in [2.05, 4.69) is 6.58 Å². The van der Waals surface area contributed by atoms with E-state index in [-0.39, 0.29) is 12.4 Å². The summed E-state index contributed by atoms with van der Waals surface area (Å²) < 4.78 is 14.5. The number of thiophene rings is 1. The third-order valence-corrected chi connectivity index (χ3v) is 4.31. The highest BCUT2D eigenvalue weighted by Crippen LogP contribution is 2.33. The third-order valence-electron chi connectivity index (χ3n) is 3.06. The van der Waals surface area contributed by atoms with Crippen LogP contribution in [0.5, 0.6) is 0 Å². The highest BCUT2D eigenvalue weighted by Gasteiger charge is 2.23. The first-order valence-corrected chi connectivity index (χ1v) is 7.07. The van der Waals surface area contributed by atoms with Gasteiger partial charge in [-0.1, -0.05) is 12.1 Å². The molecule has 1 heterocycles. The number of aliphatic carboxylic acids is 1. The molecule has 0 aliphatic rings. The molecule has 0 atom stereocenters. The molecule has 4 nitrogen and oxygen atoms in total. The fourth-order valence-electron chi connectivity index (χ4n) is 2.14. The summed E-state index contributed by atoms with van der Waals surface area (Å²) in [4.78, 5) is 24.9. The normalized spacial score (nSPS) is 10.6. The maximum Gasteiger partial charge on any atom is 0.323 e. The Hall–Kier alpha value is -2.21. The van der Waals surface area contributed by atoms with Gasteiger partial charge in [-0.05, 0) is 24.6 Å². The first kappa shape index (κ1) is 15.2. The molecule has 1 aromatic heterocycles. The smallest absolute Gasteiger partial charge is 0.323 e. The van der Waals surface area contributed by atoms with Crippen LogP contribution < -0.4 is 0 Å². The summed E-state index contributed by atoms with van der Waals surface area (Å²) in [6.45, 7) is 4.90. The van der Waals surface area contributed by atoms with Crippen molar-refractivity contribution >= 4 is 33.3 Å². The molecule has 0 radical (unpaired) electrons. The van der Waals surface area contributed by atoms with Crippen molar-refractivity contribution in [1.82, 2.24) is 4.90 Å². The maximum absolute atomic E-state index is 13.9. The van der Waals surface area contributed by atoms with Crippen molar-refractivity contribution in [2.45, 2.75) is 6.92 Å². The number of carbonyl (C=O) groups is 2. The summed E-state index contributed by atoms with van der Waals surface area (Å²) in [6.07, 6.45) is 1.46. The zero-order chi connectivity index (χ0) is 15.6. The quantitative estimate of drug-likeness (QED) is 0.864. The molecular weight excluding hydrogens is 293 g/mol. The van der Waals surface area contributed by atoms with Crippen LogP contribution in [0.4, 0.5) is 4.39 Å². The molecule has 0 saturated heterocycles. The van der Waals surface area contributed by atoms with Gasteiger partial charge in [0, 0.05) is 16.6 Å². The number of benzene rings is 1. The number of carboxylic acids is 1. The van der Waals surface area contributed by atoms with Crippen LogP contribution in [0.2, 0.25) is 0 Å². The number of carboxylic acid groups (broad SMARTS) is 1. The topological polar surface area (TPSA) is 57.6 Å². The average molecular weight is 307 g/mol. The summed E-state index contributed by atoms with van der Waals surface area (Å²) in [6, 6.07) is 4.66. The molecule has 1 aromatic carbocycles. The molecule has 0 saturated carbocycles. The molecule has 0 unspecified atom stereocenters. The van der Waals surface area contributed by atoms with Gasteiger partial charge >= 0.3 is 5.97 Å². The molecule has 0 aliphatic carbocycles. The van der Waals surface area contributed by atoms with Crippen LogP contribution in [-0.2, 0) is 4.79 Å². The molecular formula is C15H14FNO3S. The Labute approximate surface area is 125 Å². The maximum atomic E-state index is 13.9. The number of amides is 1. The van der Waals surface area contributed by atoms with Gasteiger partial charge in [0.25, 0.3) is 5.91 Å². The van der Waals surface area contributed by atoms with Gasteiger partial charge in [0.1, 0.15) is 12.4 Å². The highest BCUT2D eigenvalue weighted by atomic mass is 32.1. The summed E-state index contributed by atoms with van der Waals surface area (Å²) in [5.41, 5.74) is 0.539. The van der Waals surface area contributed by atoms with Crippen molar-refractivity contribution in [2.75, 3.05) is 13.1 Å². The van der Waals surface area contributed by atoms with E-state index in [1.807, 2.05) is 0 Å². The standard InChI is InChI=1S/C15H14FNO3S/c1-3-7-17(8-12(18)19)15(20)14-9(2)13-10(16)5-4-6-11(13)21-14/h3-6H,1,7-8H2,2H3,(H,18,19). The van der Waals surface area contributed by atoms with Gasteiger partial charge < -0.3 is 10.0 Å². The Morgan fingerprint density at radius 1 is 1.48 bits per heavy atom. The predicted octanol–water partition coefficient (Wildman–Crippen LogP) is 3.06. The lowest BCUT2D eigenvalue weighted by molar-refractivity contribution is -0.137. The molecule has 110 valence electrons. The van der Waals surface area contributed by atoms with Crippen molar-refractivity contribution in [3.05, 3.63) is 47.1 Å². The molecule has 1 amide bonds. The molecule has 2 aromatic rings. The molecule has 21 heavy (non-hydrogen) atoms. The molecule has 0 fully saturated rings. The fraction of sp³-hybridized carbons (Fsp3) is 0.200. The van der Waals surface area contributed by atoms with Crippen LogP contribution in [0.3, 0.4) is 0 Å². The lowest BCUT2D eigenvalue weighted by Gasteiger charge is -2.18. The Balaban J connectivity index is 2.47. The zero-order valence-corrected chi connectivity index (χ0v) is 12.2. The van der Waals surface area contributed by atoms with E-state index in [9.17, 15) is 14.0 Å². The SMILES string of the molecule is C=CCN(CC(=O)O)C(=O)c1sc2cccc(F)c2c1C. The third kappa shape index (κ3) is 2.95. The number of fused-ring (bicyclic) bond motifs is 1. The van der Waals surface area contributed by atoms with E-state index < -0.39 is 18.4 Å². The van der Waals surface area contributed by atoms with Crippen molar-refractivity contribution in [1.29, 1.82) is 0 Å². The largest absolute Gasteiger partial charge is 0.480 e. The number of carbonyl (C=O) groups excluding carboxylic acids is 1. The summed E-state index contributed by atoms with van der Waals surface area (Å²) in [5, 5.41) is 9.29. The Morgan fingerprint density at radius 3 is 2.76 bits per heavy atom. The number of rotatable bonds is 5. The first-order valence-electron chi connectivity index (χ1n) is 6.25. The lowest BCUT2D eigenvalue weighted by atomic mass is 10.1. The van der Waals surface area contributed by atoms with Crippen LogP contribution >= 0.6 is 11.3 Å². The molecule has 6 heteroatoms. The van der Waals surface area contributed by atoms with E-state index in [1.54, 1.807) is 19.1 Å². The van der Waals surface area contributed by atoms with E-state index in [0.717, 1.165) is 0 Å². The lowest BCUT2D eigenvalue weighted by Crippen LogP contribution is -2.35. The molecule has 0 bridgehead atoms. The molecule has 2 rings (SSSR count). The van der Waals surface area contributed by atoms with E-state index in [4.69, 9.17) is 5.11 Å². The van der Waals surface area contributed by atoms with Crippen molar-refractivity contribution in [3.63, 3.8) is 0 Å². The summed E-state index contributed by atoms with van der Waals surface area (Å²) in [5.74, 6) is -1.90. The van der Waals surface area contributed by atoms with Gasteiger partial charge in [0.05, 0.1) is 4.88 Å². The highest BCUT2D eigenvalue weighted by molar-refractivity contribution is 7.21. The fourth-order valence-corrected chi connectivity index (χ4v) is 3.33. The molecule has 1 N–H and O–H groups in total. The second-order valence-electron chi connectivity index (χ2n) is 4.54. The van der Waals surface area contributed by atoms with Crippen LogP contribution in [0.25, 0.3) is 10.1 Å². The van der Waals surface area contributed by atoms with Gasteiger partial charge in [0.2, 0.25) is 0 Å². The van der Waals surface area contributed by atoms with Crippen LogP contribution in [0, 0.1) is 12.7 Å². The van der Waals surface area contributed by atoms with Gasteiger partial charge in [-0.2, -0.15) is 0 Å². The number of aryl methyl sites for hydroxylation is 1. The van der Waals surface area contributed by atoms with Crippen molar-refractivity contribution in [3.8, 4) is 0 Å². The average Bonchev–Trinajstić information content (AvgIpc) is 2.76. The van der Waals surface area contributed by atoms with Crippen LogP contribution in [0.15, 0.2) is 30.9 Å². The number of hydrogen-bond donors (Lipinski definition) is 1. The van der Waals surface area contributed by atoms with Gasteiger partial charge in [0.15, 0.2) is 0 Å². The zero-order valence-electron chi connectivity index (χ0n) is 11.4. The van der Waals surface area contributed by atoms with Gasteiger partial charge in [-0.25, -0.2) is 4.39 Å². The van der Waals surface area contributed by atoms with Crippen molar-refractivity contribution < 1.29 is 19.1 Å².